The van der Waals surface area contributed by atoms with E-state index in [2.05, 4.69) is 24.8 Å². The van der Waals surface area contributed by atoms with Crippen molar-refractivity contribution in [1.29, 1.82) is 0 Å². The van der Waals surface area contributed by atoms with Crippen LogP contribution in [-0.4, -0.2) is 77.6 Å². The van der Waals surface area contributed by atoms with E-state index in [1.807, 2.05) is 21.9 Å². The topological polar surface area (TPSA) is 90.4 Å². The maximum atomic E-state index is 14.4. The van der Waals surface area contributed by atoms with E-state index in [0.29, 0.717) is 50.2 Å². The van der Waals surface area contributed by atoms with Gasteiger partial charge in [0.15, 0.2) is 0 Å². The van der Waals surface area contributed by atoms with Crippen molar-refractivity contribution in [3.8, 4) is 5.75 Å². The highest BCUT2D eigenvalue weighted by Crippen LogP contribution is 2.41. The Morgan fingerprint density at radius 1 is 1.11 bits per heavy atom. The minimum absolute atomic E-state index is 0.0395. The lowest BCUT2D eigenvalue weighted by Gasteiger charge is -2.35. The number of nitrogens with zero attached hydrogens (tertiary/aromatic N) is 3. The molecule has 8 nitrogen and oxygen atoms in total. The van der Waals surface area contributed by atoms with Crippen LogP contribution in [0.5, 0.6) is 5.75 Å². The minimum Gasteiger partial charge on any atom is -0.493 e. The number of rotatable bonds is 14. The fourth-order valence-corrected chi connectivity index (χ4v) is 7.72. The van der Waals surface area contributed by atoms with E-state index in [0.717, 1.165) is 61.9 Å². The number of carboxylic acids is 1. The Hall–Kier alpha value is -3.46. The molecule has 3 aliphatic rings. The van der Waals surface area contributed by atoms with Crippen molar-refractivity contribution >= 4 is 23.5 Å². The molecule has 2 saturated heterocycles. The highest BCUT2D eigenvalue weighted by atomic mass is 19.1. The molecule has 0 aromatic heterocycles. The van der Waals surface area contributed by atoms with E-state index in [9.17, 15) is 23.9 Å². The summed E-state index contributed by atoms with van der Waals surface area (Å²) in [7, 11) is 0. The molecule has 0 aliphatic carbocycles. The molecule has 1 N–H and O–H groups in total. The molecule has 244 valence electrons. The van der Waals surface area contributed by atoms with E-state index in [1.54, 1.807) is 19.1 Å². The van der Waals surface area contributed by atoms with Gasteiger partial charge in [-0.3, -0.25) is 19.3 Å². The van der Waals surface area contributed by atoms with Crippen molar-refractivity contribution in [3.05, 3.63) is 58.9 Å². The van der Waals surface area contributed by atoms with Crippen molar-refractivity contribution < 1.29 is 28.6 Å². The number of carbonyl (C=O) groups is 3. The summed E-state index contributed by atoms with van der Waals surface area (Å²) in [6.07, 6.45) is 6.92. The highest BCUT2D eigenvalue weighted by molar-refractivity contribution is 5.95. The van der Waals surface area contributed by atoms with Gasteiger partial charge in [0.25, 0.3) is 0 Å². The first kappa shape index (κ1) is 32.9. The predicted molar refractivity (Wildman–Crippen MR) is 172 cm³/mol. The zero-order valence-electron chi connectivity index (χ0n) is 27.0. The largest absolute Gasteiger partial charge is 0.493 e. The Balaban J connectivity index is 1.45. The fraction of sp³-hybridized carbons (Fsp3) is 0.583. The third-order valence-electron chi connectivity index (χ3n) is 9.91. The SMILES string of the molecule is CCCC(CCC)N(C(=O)CN1C[C@H](c2ccc3c(c2)CCO3)[C@@H](C(=O)O)[C@@H]1CCCN1CCCC1=O)c1ccc(F)c(C)c1. The molecule has 3 heterocycles. The van der Waals surface area contributed by atoms with Gasteiger partial charge in [0.05, 0.1) is 19.1 Å². The molecule has 5 rings (SSSR count). The van der Waals surface area contributed by atoms with Crippen LogP contribution >= 0.6 is 0 Å². The van der Waals surface area contributed by atoms with Gasteiger partial charge in [-0.05, 0) is 80.0 Å². The quantitative estimate of drug-likeness (QED) is 0.281. The second kappa shape index (κ2) is 14.8. The lowest BCUT2D eigenvalue weighted by atomic mass is 9.83. The van der Waals surface area contributed by atoms with Gasteiger partial charge in [-0.1, -0.05) is 38.8 Å². The number of aryl methyl sites for hydroxylation is 1. The van der Waals surface area contributed by atoms with Crippen molar-refractivity contribution in [1.82, 2.24) is 9.80 Å². The Morgan fingerprint density at radius 3 is 2.56 bits per heavy atom. The molecule has 2 aromatic rings. The van der Waals surface area contributed by atoms with E-state index >= 15 is 0 Å². The molecule has 0 saturated carbocycles. The van der Waals surface area contributed by atoms with Crippen LogP contribution in [0, 0.1) is 18.7 Å². The highest BCUT2D eigenvalue weighted by Gasteiger charge is 2.47. The molecule has 0 radical (unpaired) electrons. The smallest absolute Gasteiger partial charge is 0.308 e. The minimum atomic E-state index is -0.866. The third-order valence-corrected chi connectivity index (χ3v) is 9.91. The van der Waals surface area contributed by atoms with Crippen LogP contribution in [0.3, 0.4) is 0 Å². The number of anilines is 1. The van der Waals surface area contributed by atoms with E-state index in [4.69, 9.17) is 4.74 Å². The molecule has 2 amide bonds. The Kier molecular flexibility index (Phi) is 10.8. The van der Waals surface area contributed by atoms with Gasteiger partial charge >= 0.3 is 5.97 Å². The average molecular weight is 622 g/mol. The zero-order chi connectivity index (χ0) is 32.1. The van der Waals surface area contributed by atoms with Gasteiger partial charge in [-0.2, -0.15) is 0 Å². The standard InChI is InChI=1S/C36H48FN3O5/c1-4-8-27(9-5-2)40(28-13-14-30(37)24(3)20-28)34(42)23-39-22-29(25-12-15-32-26(21-25)16-19-45-32)35(36(43)44)31(39)10-6-17-38-18-7-11-33(38)41/h12-15,20-21,27,29,31,35H,4-11,16-19,22-23H2,1-3H3,(H,43,44)/t29-,31+,35-/m1/s1. The van der Waals surface area contributed by atoms with E-state index in [-0.39, 0.29) is 42.2 Å². The summed E-state index contributed by atoms with van der Waals surface area (Å²) in [6, 6.07) is 10.4. The molecule has 3 atom stereocenters. The number of benzene rings is 2. The van der Waals surface area contributed by atoms with Gasteiger partial charge in [0.2, 0.25) is 11.8 Å². The molecular weight excluding hydrogens is 573 g/mol. The Labute approximate surface area is 266 Å². The molecule has 0 bridgehead atoms. The summed E-state index contributed by atoms with van der Waals surface area (Å²) in [5.41, 5.74) is 3.22. The maximum absolute atomic E-state index is 14.4. The summed E-state index contributed by atoms with van der Waals surface area (Å²) < 4.78 is 20.0. The normalized spacial score (nSPS) is 21.4. The fourth-order valence-electron chi connectivity index (χ4n) is 7.72. The van der Waals surface area contributed by atoms with Gasteiger partial charge < -0.3 is 19.6 Å². The van der Waals surface area contributed by atoms with Crippen LogP contribution in [0.25, 0.3) is 0 Å². The maximum Gasteiger partial charge on any atom is 0.308 e. The number of amides is 2. The number of likely N-dealkylation sites (tertiary alicyclic amines) is 2. The molecule has 2 aromatic carbocycles. The van der Waals surface area contributed by atoms with Gasteiger partial charge in [-0.15, -0.1) is 0 Å². The van der Waals surface area contributed by atoms with Crippen LogP contribution in [-0.2, 0) is 20.8 Å². The number of aliphatic carboxylic acids is 1. The second-order valence-corrected chi connectivity index (χ2v) is 13.0. The number of fused-ring (bicyclic) bond motifs is 1. The van der Waals surface area contributed by atoms with Gasteiger partial charge in [0, 0.05) is 56.2 Å². The molecule has 0 unspecified atom stereocenters. The summed E-state index contributed by atoms with van der Waals surface area (Å²) in [5, 5.41) is 10.6. The number of ether oxygens (including phenoxy) is 1. The van der Waals surface area contributed by atoms with Crippen molar-refractivity contribution in [2.45, 2.75) is 96.6 Å². The zero-order valence-corrected chi connectivity index (χ0v) is 27.0. The van der Waals surface area contributed by atoms with Crippen LogP contribution in [0.1, 0.15) is 87.8 Å². The first-order chi connectivity index (χ1) is 21.7. The van der Waals surface area contributed by atoms with E-state index in [1.165, 1.54) is 6.07 Å². The molecule has 0 spiro atoms. The van der Waals surface area contributed by atoms with Crippen LogP contribution in [0.15, 0.2) is 36.4 Å². The lowest BCUT2D eigenvalue weighted by Crippen LogP contribution is -2.48. The number of carboxylic acid groups (broad SMARTS) is 1. The molecule has 2 fully saturated rings. The number of hydrogen-bond acceptors (Lipinski definition) is 5. The van der Waals surface area contributed by atoms with Crippen LogP contribution in [0.4, 0.5) is 10.1 Å². The summed E-state index contributed by atoms with van der Waals surface area (Å²) in [4.78, 5) is 45.5. The van der Waals surface area contributed by atoms with E-state index < -0.39 is 11.9 Å². The van der Waals surface area contributed by atoms with Gasteiger partial charge in [0.1, 0.15) is 11.6 Å². The summed E-state index contributed by atoms with van der Waals surface area (Å²) in [5.74, 6) is -1.25. The van der Waals surface area contributed by atoms with Gasteiger partial charge in [-0.25, -0.2) is 4.39 Å². The number of halogens is 1. The third kappa shape index (κ3) is 7.35. The van der Waals surface area contributed by atoms with Crippen LogP contribution in [0.2, 0.25) is 0 Å². The monoisotopic (exact) mass is 621 g/mol. The molecule has 3 aliphatic heterocycles. The first-order valence-electron chi connectivity index (χ1n) is 16.8. The number of hydrogen-bond donors (Lipinski definition) is 1. The molecular formula is C36H48FN3O5. The Morgan fingerprint density at radius 2 is 1.89 bits per heavy atom. The lowest BCUT2D eigenvalue weighted by molar-refractivity contribution is -0.143. The van der Waals surface area contributed by atoms with Crippen molar-refractivity contribution in [3.63, 3.8) is 0 Å². The van der Waals surface area contributed by atoms with Crippen LogP contribution < -0.4 is 9.64 Å². The Bertz CT molecular complexity index is 1380. The molecule has 45 heavy (non-hydrogen) atoms. The average Bonchev–Trinajstić information content (AvgIpc) is 3.74. The summed E-state index contributed by atoms with van der Waals surface area (Å²) in [6.45, 7) is 8.40. The molecule has 9 heteroatoms. The van der Waals surface area contributed by atoms with Crippen molar-refractivity contribution in [2.24, 2.45) is 5.92 Å². The first-order valence-corrected chi connectivity index (χ1v) is 16.8. The predicted octanol–water partition coefficient (Wildman–Crippen LogP) is 5.94. The van der Waals surface area contributed by atoms with Crippen molar-refractivity contribution in [2.75, 3.05) is 37.7 Å². The number of carbonyl (C=O) groups excluding carboxylic acids is 2. The summed E-state index contributed by atoms with van der Waals surface area (Å²) >= 11 is 0. The second-order valence-electron chi connectivity index (χ2n) is 13.0.